The Labute approximate surface area is 263 Å². The van der Waals surface area contributed by atoms with E-state index in [9.17, 15) is 19.6 Å². The average Bonchev–Trinajstić information content (AvgIpc) is 3.69. The van der Waals surface area contributed by atoms with Gasteiger partial charge < -0.3 is 20.3 Å². The molecule has 13 heteroatoms. The molecule has 2 aliphatic rings. The number of likely N-dealkylation sites (tertiary alicyclic amines) is 1. The second-order valence-electron chi connectivity index (χ2n) is 11.0. The number of ether oxygens (including phenoxy) is 1. The smallest absolute Gasteiger partial charge is 0.298 e. The molecule has 2 atom stereocenters. The number of nitrogens with one attached hydrogen (secondary N) is 2. The minimum atomic E-state index is -3.26. The largest absolute Gasteiger partial charge is 0.495 e. The molecule has 3 amide bonds. The maximum Gasteiger partial charge on any atom is 0.298 e. The van der Waals surface area contributed by atoms with Gasteiger partial charge in [-0.15, -0.1) is 0 Å². The number of alkyl halides is 2. The quantitative estimate of drug-likeness (QED) is 0.305. The van der Waals surface area contributed by atoms with Gasteiger partial charge in [-0.2, -0.15) is 19.1 Å². The van der Waals surface area contributed by atoms with Gasteiger partial charge in [0.1, 0.15) is 11.8 Å². The van der Waals surface area contributed by atoms with E-state index in [1.165, 1.54) is 79.9 Å². The molecule has 3 aromatic carbocycles. The molecule has 46 heavy (non-hydrogen) atoms. The fourth-order valence-electron chi connectivity index (χ4n) is 6.02. The number of rotatable bonds is 8. The SMILES string of the molecule is CNC(=O)CN1C[C@@H]2[C@H](C1)N(c1ccc(C(F)(F)c3ccccc3)cc1)C(=O)c1c(NC(=O)c3ccc(OC)c(C#N)c3)cnn12. The van der Waals surface area contributed by atoms with Crippen molar-refractivity contribution in [3.63, 3.8) is 0 Å². The second kappa shape index (κ2) is 12.1. The van der Waals surface area contributed by atoms with Gasteiger partial charge in [-0.25, -0.2) is 0 Å². The third-order valence-electron chi connectivity index (χ3n) is 8.32. The molecule has 3 heterocycles. The first-order chi connectivity index (χ1) is 22.2. The number of likely N-dealkylation sites (N-methyl/N-ethyl adjacent to an activating group) is 1. The molecule has 0 saturated carbocycles. The van der Waals surface area contributed by atoms with Gasteiger partial charge in [0.2, 0.25) is 5.91 Å². The van der Waals surface area contributed by atoms with Crippen LogP contribution in [0.4, 0.5) is 20.2 Å². The molecule has 0 spiro atoms. The van der Waals surface area contributed by atoms with Gasteiger partial charge in [0, 0.05) is 42.5 Å². The summed E-state index contributed by atoms with van der Waals surface area (Å²) in [5.74, 6) is -4.21. The summed E-state index contributed by atoms with van der Waals surface area (Å²) >= 11 is 0. The van der Waals surface area contributed by atoms with Gasteiger partial charge in [0.05, 0.1) is 43.2 Å². The maximum absolute atomic E-state index is 15.3. The van der Waals surface area contributed by atoms with Crippen LogP contribution in [0.2, 0.25) is 0 Å². The minimum Gasteiger partial charge on any atom is -0.495 e. The molecule has 0 unspecified atom stereocenters. The van der Waals surface area contributed by atoms with E-state index < -0.39 is 29.8 Å². The molecular weight excluding hydrogens is 596 g/mol. The summed E-state index contributed by atoms with van der Waals surface area (Å²) in [6.45, 7) is 0.792. The Hall–Kier alpha value is -5.61. The van der Waals surface area contributed by atoms with Gasteiger partial charge in [-0.3, -0.25) is 24.0 Å². The first-order valence-electron chi connectivity index (χ1n) is 14.4. The Morgan fingerprint density at radius 1 is 1.04 bits per heavy atom. The number of benzene rings is 3. The van der Waals surface area contributed by atoms with Crippen molar-refractivity contribution in [2.75, 3.05) is 44.0 Å². The fraction of sp³-hybridized carbons (Fsp3) is 0.242. The highest BCUT2D eigenvalue weighted by Crippen LogP contribution is 2.40. The Kier molecular flexibility index (Phi) is 7.97. The number of hydrogen-bond donors (Lipinski definition) is 2. The van der Waals surface area contributed by atoms with E-state index >= 15 is 8.78 Å². The van der Waals surface area contributed by atoms with Crippen LogP contribution in [0.3, 0.4) is 0 Å². The van der Waals surface area contributed by atoms with E-state index in [2.05, 4.69) is 15.7 Å². The Bertz CT molecular complexity index is 1850. The van der Waals surface area contributed by atoms with E-state index in [-0.39, 0.29) is 46.1 Å². The number of nitrogens with zero attached hydrogens (tertiary/aromatic N) is 5. The molecular formula is C33H29F2N7O4. The number of carbonyl (C=O) groups is 3. The topological polar surface area (TPSA) is 133 Å². The number of anilines is 2. The fourth-order valence-corrected chi connectivity index (χ4v) is 6.02. The third kappa shape index (κ3) is 5.33. The monoisotopic (exact) mass is 625 g/mol. The third-order valence-corrected chi connectivity index (χ3v) is 8.32. The zero-order valence-corrected chi connectivity index (χ0v) is 24.9. The van der Waals surface area contributed by atoms with Crippen LogP contribution in [-0.4, -0.2) is 72.2 Å². The molecule has 6 rings (SSSR count). The number of hydrogen-bond acceptors (Lipinski definition) is 7. The van der Waals surface area contributed by atoms with Crippen molar-refractivity contribution < 1.29 is 27.9 Å². The number of fused-ring (bicyclic) bond motifs is 3. The maximum atomic E-state index is 15.3. The van der Waals surface area contributed by atoms with Gasteiger partial charge in [-0.05, 0) is 30.3 Å². The summed E-state index contributed by atoms with van der Waals surface area (Å²) in [5.41, 5.74) is 0.580. The highest BCUT2D eigenvalue weighted by molar-refractivity contribution is 6.13. The van der Waals surface area contributed by atoms with Gasteiger partial charge >= 0.3 is 0 Å². The molecule has 2 aliphatic heterocycles. The summed E-state index contributed by atoms with van der Waals surface area (Å²) in [4.78, 5) is 43.1. The van der Waals surface area contributed by atoms with Crippen molar-refractivity contribution in [1.82, 2.24) is 20.0 Å². The molecule has 11 nitrogen and oxygen atoms in total. The van der Waals surface area contributed by atoms with Crippen LogP contribution in [0.5, 0.6) is 5.75 Å². The number of aromatic nitrogens is 2. The van der Waals surface area contributed by atoms with Gasteiger partial charge in [-0.1, -0.05) is 42.5 Å². The number of amides is 3. The van der Waals surface area contributed by atoms with Crippen molar-refractivity contribution in [1.29, 1.82) is 5.26 Å². The molecule has 234 valence electrons. The molecule has 0 bridgehead atoms. The Balaban J connectivity index is 1.35. The molecule has 1 fully saturated rings. The lowest BCUT2D eigenvalue weighted by Crippen LogP contribution is -2.51. The number of nitriles is 1. The van der Waals surface area contributed by atoms with Crippen molar-refractivity contribution in [2.45, 2.75) is 18.0 Å². The van der Waals surface area contributed by atoms with Crippen LogP contribution in [0.25, 0.3) is 0 Å². The zero-order valence-electron chi connectivity index (χ0n) is 24.9. The Morgan fingerprint density at radius 3 is 2.41 bits per heavy atom. The number of methoxy groups -OCH3 is 1. The summed E-state index contributed by atoms with van der Waals surface area (Å²) < 4.78 is 37.3. The van der Waals surface area contributed by atoms with Crippen LogP contribution >= 0.6 is 0 Å². The van der Waals surface area contributed by atoms with E-state index in [0.29, 0.717) is 24.5 Å². The predicted molar refractivity (Wildman–Crippen MR) is 164 cm³/mol. The normalized spacial score (nSPS) is 17.5. The van der Waals surface area contributed by atoms with E-state index in [1.807, 2.05) is 11.0 Å². The molecule has 2 N–H and O–H groups in total. The lowest BCUT2D eigenvalue weighted by molar-refractivity contribution is -0.121. The highest BCUT2D eigenvalue weighted by atomic mass is 19.3. The summed E-state index contributed by atoms with van der Waals surface area (Å²) in [5, 5.41) is 19.2. The minimum absolute atomic E-state index is 0.0899. The summed E-state index contributed by atoms with van der Waals surface area (Å²) in [6.07, 6.45) is 1.38. The van der Waals surface area contributed by atoms with Crippen LogP contribution < -0.4 is 20.3 Å². The van der Waals surface area contributed by atoms with E-state index in [4.69, 9.17) is 4.74 Å². The molecule has 1 aromatic heterocycles. The van der Waals surface area contributed by atoms with Gasteiger partial charge in [0.15, 0.2) is 5.69 Å². The Morgan fingerprint density at radius 2 is 1.74 bits per heavy atom. The molecule has 4 aromatic rings. The predicted octanol–water partition coefficient (Wildman–Crippen LogP) is 3.79. The number of carbonyl (C=O) groups excluding carboxylic acids is 3. The average molecular weight is 626 g/mol. The number of halogens is 2. The first-order valence-corrected chi connectivity index (χ1v) is 14.4. The van der Waals surface area contributed by atoms with Gasteiger partial charge in [0.25, 0.3) is 17.7 Å². The second-order valence-corrected chi connectivity index (χ2v) is 11.0. The summed E-state index contributed by atoms with van der Waals surface area (Å²) in [6, 6.07) is 18.5. The van der Waals surface area contributed by atoms with Crippen molar-refractivity contribution in [3.05, 3.63) is 107 Å². The molecule has 0 aliphatic carbocycles. The standard InChI is InChI=1S/C33H29F2N7O4/c1-37-29(43)19-40-17-26-27(18-40)42-30(25(16-38-42)39-31(44)20-8-13-28(46-2)21(14-20)15-36)32(45)41(26)24-11-9-23(10-12-24)33(34,35)22-6-4-3-5-7-22/h3-14,16,26-27H,17-19H2,1-2H3,(H,37,43)(H,39,44)/t26-,27+/m0/s1. The molecule has 1 saturated heterocycles. The lowest BCUT2D eigenvalue weighted by Gasteiger charge is -2.37. The van der Waals surface area contributed by atoms with Crippen LogP contribution in [0.15, 0.2) is 79.0 Å². The van der Waals surface area contributed by atoms with E-state index in [0.717, 1.165) is 0 Å². The molecule has 0 radical (unpaired) electrons. The van der Waals surface area contributed by atoms with Crippen LogP contribution in [0, 0.1) is 11.3 Å². The summed E-state index contributed by atoms with van der Waals surface area (Å²) in [7, 11) is 2.96. The zero-order chi connectivity index (χ0) is 32.6. The van der Waals surface area contributed by atoms with E-state index in [1.54, 1.807) is 22.9 Å². The van der Waals surface area contributed by atoms with Crippen LogP contribution in [-0.2, 0) is 10.7 Å². The van der Waals surface area contributed by atoms with Crippen LogP contribution in [0.1, 0.15) is 43.6 Å². The van der Waals surface area contributed by atoms with Crippen molar-refractivity contribution in [2.24, 2.45) is 0 Å². The lowest BCUT2D eigenvalue weighted by atomic mass is 9.99. The highest BCUT2D eigenvalue weighted by Gasteiger charge is 2.48. The van der Waals surface area contributed by atoms with Crippen molar-refractivity contribution >= 4 is 29.1 Å². The van der Waals surface area contributed by atoms with Crippen molar-refractivity contribution in [3.8, 4) is 11.8 Å². The first kappa shape index (κ1) is 30.4.